The molecule has 1 saturated heterocycles. The fourth-order valence-corrected chi connectivity index (χ4v) is 11.5. The Bertz CT molecular complexity index is 1230. The number of ether oxygens (including phenoxy) is 3. The summed E-state index contributed by atoms with van der Waals surface area (Å²) >= 11 is 0. The number of methoxy groups -OCH3 is 1. The SMILES string of the molecule is COC(=O)[C@]1(O[Si](C)(C)C)[C@@H](CO[Si](c2ccccc2)(c2ccccc2)C(C)(C)C)OC(=O)[C@@]12C=CC(=O)O2. The van der Waals surface area contributed by atoms with Crippen LogP contribution in [0.1, 0.15) is 20.8 Å². The van der Waals surface area contributed by atoms with Crippen molar-refractivity contribution in [2.75, 3.05) is 13.7 Å². The van der Waals surface area contributed by atoms with E-state index in [2.05, 4.69) is 20.8 Å². The molecule has 2 heterocycles. The van der Waals surface area contributed by atoms with Crippen molar-refractivity contribution in [3.05, 3.63) is 72.8 Å². The van der Waals surface area contributed by atoms with Gasteiger partial charge < -0.3 is 23.1 Å². The molecule has 208 valence electrons. The normalized spacial score (nSPS) is 25.1. The Hall–Kier alpha value is -3.06. The van der Waals surface area contributed by atoms with Crippen LogP contribution in [0.15, 0.2) is 72.8 Å². The maximum atomic E-state index is 13.7. The maximum absolute atomic E-state index is 13.7. The minimum Gasteiger partial charge on any atom is -0.467 e. The number of carbonyl (C=O) groups excluding carboxylic acids is 3. The summed E-state index contributed by atoms with van der Waals surface area (Å²) in [5.74, 6) is -2.54. The topological polar surface area (TPSA) is 97.4 Å². The molecule has 0 aliphatic carbocycles. The Kier molecular flexibility index (Phi) is 7.54. The average molecular weight is 569 g/mol. The number of rotatable bonds is 8. The van der Waals surface area contributed by atoms with E-state index in [1.165, 1.54) is 13.2 Å². The molecule has 0 aromatic heterocycles. The Morgan fingerprint density at radius 1 is 0.949 bits per heavy atom. The highest BCUT2D eigenvalue weighted by Crippen LogP contribution is 2.48. The van der Waals surface area contributed by atoms with Crippen LogP contribution in [0.4, 0.5) is 0 Å². The van der Waals surface area contributed by atoms with E-state index in [0.29, 0.717) is 0 Å². The zero-order chi connectivity index (χ0) is 28.7. The maximum Gasteiger partial charge on any atom is 0.359 e. The average Bonchev–Trinajstić information content (AvgIpc) is 3.38. The van der Waals surface area contributed by atoms with Crippen LogP contribution < -0.4 is 10.4 Å². The third-order valence-corrected chi connectivity index (χ3v) is 13.0. The molecule has 8 nitrogen and oxygen atoms in total. The molecule has 0 saturated carbocycles. The molecule has 0 unspecified atom stereocenters. The molecule has 2 aromatic rings. The highest BCUT2D eigenvalue weighted by molar-refractivity contribution is 6.99. The molecular weight excluding hydrogens is 532 g/mol. The standard InChI is InChI=1S/C29H36O8Si2/c1-27(2,3)39(21-14-10-8-11-15-21,22-16-12-9-13-17-22)34-20-23-29(26(32)33-4,37-38(5,6)7)28(25(31)35-23)19-18-24(30)36-28/h8-19,23H,20H2,1-7H3/t23-,28+,29-/m1/s1. The van der Waals surface area contributed by atoms with E-state index in [1.807, 2.05) is 80.3 Å². The van der Waals surface area contributed by atoms with Crippen molar-refractivity contribution in [3.63, 3.8) is 0 Å². The van der Waals surface area contributed by atoms with Gasteiger partial charge >= 0.3 is 17.9 Å². The van der Waals surface area contributed by atoms with Crippen molar-refractivity contribution >= 4 is 44.9 Å². The lowest BCUT2D eigenvalue weighted by Gasteiger charge is -2.45. The van der Waals surface area contributed by atoms with Crippen molar-refractivity contribution in [1.29, 1.82) is 0 Å². The Balaban J connectivity index is 1.89. The van der Waals surface area contributed by atoms with Crippen LogP contribution in [0.3, 0.4) is 0 Å². The van der Waals surface area contributed by atoms with Crippen LogP contribution >= 0.6 is 0 Å². The number of hydrogen-bond acceptors (Lipinski definition) is 8. The number of cyclic esters (lactones) is 1. The van der Waals surface area contributed by atoms with Crippen LogP contribution in [0.25, 0.3) is 0 Å². The molecule has 3 atom stereocenters. The van der Waals surface area contributed by atoms with E-state index in [-0.39, 0.29) is 11.6 Å². The molecule has 4 rings (SSSR count). The van der Waals surface area contributed by atoms with E-state index < -0.39 is 51.8 Å². The lowest BCUT2D eigenvalue weighted by atomic mass is 9.81. The van der Waals surface area contributed by atoms with Crippen molar-refractivity contribution < 1.29 is 37.4 Å². The first-order valence-electron chi connectivity index (χ1n) is 12.9. The molecule has 0 radical (unpaired) electrons. The second kappa shape index (κ2) is 10.2. The van der Waals surface area contributed by atoms with Crippen LogP contribution in [-0.4, -0.2) is 65.6 Å². The predicted octanol–water partition coefficient (Wildman–Crippen LogP) is 3.10. The van der Waals surface area contributed by atoms with Gasteiger partial charge in [-0.2, -0.15) is 0 Å². The molecule has 1 spiro atoms. The molecule has 2 aliphatic heterocycles. The van der Waals surface area contributed by atoms with Gasteiger partial charge in [0.15, 0.2) is 14.4 Å². The van der Waals surface area contributed by atoms with Crippen LogP contribution in [0.5, 0.6) is 0 Å². The molecule has 10 heteroatoms. The Labute approximate surface area is 231 Å². The summed E-state index contributed by atoms with van der Waals surface area (Å²) in [5.41, 5.74) is -4.20. The summed E-state index contributed by atoms with van der Waals surface area (Å²) in [5, 5.41) is 1.66. The first-order chi connectivity index (χ1) is 18.2. The van der Waals surface area contributed by atoms with E-state index >= 15 is 0 Å². The fraction of sp³-hybridized carbons (Fsp3) is 0.414. The lowest BCUT2D eigenvalue weighted by Crippen LogP contribution is -2.70. The summed E-state index contributed by atoms with van der Waals surface area (Å²) < 4.78 is 30.1. The molecule has 2 aromatic carbocycles. The van der Waals surface area contributed by atoms with E-state index in [1.54, 1.807) is 0 Å². The molecule has 39 heavy (non-hydrogen) atoms. The van der Waals surface area contributed by atoms with Gasteiger partial charge in [-0.05, 0) is 41.1 Å². The molecule has 2 aliphatic rings. The van der Waals surface area contributed by atoms with E-state index in [0.717, 1.165) is 16.4 Å². The molecular formula is C29H36O8Si2. The summed E-state index contributed by atoms with van der Waals surface area (Å²) in [6, 6.07) is 19.9. The predicted molar refractivity (Wildman–Crippen MR) is 151 cm³/mol. The zero-order valence-electron chi connectivity index (χ0n) is 23.5. The third kappa shape index (κ3) is 4.69. The highest BCUT2D eigenvalue weighted by Gasteiger charge is 2.78. The van der Waals surface area contributed by atoms with Crippen molar-refractivity contribution in [2.24, 2.45) is 0 Å². The largest absolute Gasteiger partial charge is 0.467 e. The number of esters is 3. The minimum atomic E-state index is -3.08. The second-order valence-electron chi connectivity index (χ2n) is 11.8. The third-order valence-electron chi connectivity index (χ3n) is 7.10. The van der Waals surface area contributed by atoms with Crippen molar-refractivity contribution in [1.82, 2.24) is 0 Å². The van der Waals surface area contributed by atoms with Gasteiger partial charge in [0.2, 0.25) is 5.60 Å². The summed E-state index contributed by atoms with van der Waals surface area (Å²) in [6.45, 7) is 11.8. The van der Waals surface area contributed by atoms with Crippen LogP contribution in [0, 0.1) is 0 Å². The number of hydrogen-bond donors (Lipinski definition) is 0. The highest BCUT2D eigenvalue weighted by atomic mass is 28.4. The summed E-state index contributed by atoms with van der Waals surface area (Å²) in [7, 11) is -4.48. The van der Waals surface area contributed by atoms with Crippen molar-refractivity contribution in [3.8, 4) is 0 Å². The first-order valence-corrected chi connectivity index (χ1v) is 18.2. The monoisotopic (exact) mass is 568 g/mol. The fourth-order valence-electron chi connectivity index (χ4n) is 5.63. The molecule has 0 amide bonds. The van der Waals surface area contributed by atoms with Gasteiger partial charge in [0.05, 0.1) is 13.7 Å². The van der Waals surface area contributed by atoms with Gasteiger partial charge in [0.1, 0.15) is 0 Å². The minimum absolute atomic E-state index is 0.189. The Morgan fingerprint density at radius 2 is 1.49 bits per heavy atom. The van der Waals surface area contributed by atoms with E-state index in [9.17, 15) is 14.4 Å². The molecule has 0 bridgehead atoms. The van der Waals surface area contributed by atoms with Gasteiger partial charge in [-0.15, -0.1) is 0 Å². The molecule has 1 fully saturated rings. The smallest absolute Gasteiger partial charge is 0.359 e. The quantitative estimate of drug-likeness (QED) is 0.272. The second-order valence-corrected chi connectivity index (χ2v) is 20.5. The first kappa shape index (κ1) is 28.9. The molecule has 0 N–H and O–H groups in total. The van der Waals surface area contributed by atoms with Gasteiger partial charge in [0, 0.05) is 6.08 Å². The summed E-state index contributed by atoms with van der Waals surface area (Å²) in [4.78, 5) is 39.4. The lowest BCUT2D eigenvalue weighted by molar-refractivity contribution is -0.190. The van der Waals surface area contributed by atoms with Gasteiger partial charge in [0.25, 0.3) is 13.9 Å². The van der Waals surface area contributed by atoms with Gasteiger partial charge in [-0.1, -0.05) is 81.4 Å². The van der Waals surface area contributed by atoms with Gasteiger partial charge in [-0.25, -0.2) is 14.4 Å². The van der Waals surface area contributed by atoms with Crippen molar-refractivity contribution in [2.45, 2.75) is 62.8 Å². The summed E-state index contributed by atoms with van der Waals surface area (Å²) in [6.07, 6.45) is 1.11. The zero-order valence-corrected chi connectivity index (χ0v) is 25.5. The number of benzene rings is 2. The van der Waals surface area contributed by atoms with Gasteiger partial charge in [-0.3, -0.25) is 0 Å². The Morgan fingerprint density at radius 3 is 1.90 bits per heavy atom. The number of carbonyl (C=O) groups is 3. The van der Waals surface area contributed by atoms with Crippen LogP contribution in [-0.2, 0) is 37.4 Å². The van der Waals surface area contributed by atoms with E-state index in [4.69, 9.17) is 23.1 Å². The van der Waals surface area contributed by atoms with Crippen LogP contribution in [0.2, 0.25) is 24.7 Å².